The van der Waals surface area contributed by atoms with E-state index in [2.05, 4.69) is 4.98 Å². The predicted molar refractivity (Wildman–Crippen MR) is 92.3 cm³/mol. The standard InChI is InChI=1S/C17H16ClFN2O5/c1-3-24-16(23)9-25-17-14(5-4-6-20-17)26-15-8-13(21(2)10-22)12(19)7-11(15)18/h4-8,10H,3,9H2,1-2H3. The van der Waals surface area contributed by atoms with Gasteiger partial charge in [-0.25, -0.2) is 14.2 Å². The molecule has 0 bridgehead atoms. The van der Waals surface area contributed by atoms with Gasteiger partial charge < -0.3 is 19.1 Å². The van der Waals surface area contributed by atoms with Gasteiger partial charge in [0.25, 0.3) is 5.88 Å². The van der Waals surface area contributed by atoms with Gasteiger partial charge in [0.15, 0.2) is 12.4 Å². The molecule has 138 valence electrons. The SMILES string of the molecule is CCOC(=O)COc1ncccc1Oc1cc(N(C)C=O)c(F)cc1Cl. The van der Waals surface area contributed by atoms with Crippen molar-refractivity contribution in [2.75, 3.05) is 25.2 Å². The van der Waals surface area contributed by atoms with Crippen molar-refractivity contribution < 1.29 is 28.2 Å². The largest absolute Gasteiger partial charge is 0.463 e. The van der Waals surface area contributed by atoms with Crippen molar-refractivity contribution in [1.82, 2.24) is 4.98 Å². The molecule has 9 heteroatoms. The molecule has 0 spiro atoms. The summed E-state index contributed by atoms with van der Waals surface area (Å²) in [6.07, 6.45) is 1.90. The lowest BCUT2D eigenvalue weighted by molar-refractivity contribution is -0.145. The Hall–Kier alpha value is -2.87. The Morgan fingerprint density at radius 1 is 1.38 bits per heavy atom. The van der Waals surface area contributed by atoms with E-state index in [1.807, 2.05) is 0 Å². The van der Waals surface area contributed by atoms with Crippen LogP contribution in [0, 0.1) is 5.82 Å². The summed E-state index contributed by atoms with van der Waals surface area (Å²) >= 11 is 6.01. The third-order valence-corrected chi connectivity index (χ3v) is 3.42. The van der Waals surface area contributed by atoms with E-state index in [9.17, 15) is 14.0 Å². The van der Waals surface area contributed by atoms with E-state index in [1.165, 1.54) is 25.4 Å². The Balaban J connectivity index is 2.26. The predicted octanol–water partition coefficient (Wildman–Crippen LogP) is 3.20. The van der Waals surface area contributed by atoms with Gasteiger partial charge in [-0.2, -0.15) is 0 Å². The topological polar surface area (TPSA) is 78.0 Å². The minimum atomic E-state index is -0.679. The molecule has 2 aromatic rings. The number of benzene rings is 1. The highest BCUT2D eigenvalue weighted by Gasteiger charge is 2.16. The van der Waals surface area contributed by atoms with E-state index in [-0.39, 0.29) is 41.3 Å². The summed E-state index contributed by atoms with van der Waals surface area (Å²) in [6, 6.07) is 5.43. The zero-order valence-electron chi connectivity index (χ0n) is 14.1. The van der Waals surface area contributed by atoms with Crippen LogP contribution in [-0.4, -0.2) is 37.6 Å². The quantitative estimate of drug-likeness (QED) is 0.515. The highest BCUT2D eigenvalue weighted by atomic mass is 35.5. The summed E-state index contributed by atoms with van der Waals surface area (Å²) in [6.45, 7) is 1.56. The number of halogens is 2. The lowest BCUT2D eigenvalue weighted by Gasteiger charge is -2.16. The van der Waals surface area contributed by atoms with Crippen LogP contribution in [0.2, 0.25) is 5.02 Å². The number of hydrogen-bond acceptors (Lipinski definition) is 6. The molecule has 1 aromatic carbocycles. The van der Waals surface area contributed by atoms with Crippen molar-refractivity contribution in [3.05, 3.63) is 41.3 Å². The summed E-state index contributed by atoms with van der Waals surface area (Å²) in [5, 5.41) is -0.00857. The van der Waals surface area contributed by atoms with Gasteiger partial charge in [-0.3, -0.25) is 4.79 Å². The maximum Gasteiger partial charge on any atom is 0.344 e. The second-order valence-electron chi connectivity index (χ2n) is 4.95. The van der Waals surface area contributed by atoms with E-state index in [4.69, 9.17) is 25.8 Å². The number of pyridine rings is 1. The van der Waals surface area contributed by atoms with Crippen LogP contribution in [0.1, 0.15) is 6.92 Å². The average molecular weight is 383 g/mol. The van der Waals surface area contributed by atoms with Gasteiger partial charge in [-0.1, -0.05) is 11.6 Å². The van der Waals surface area contributed by atoms with Crippen molar-refractivity contribution in [3.8, 4) is 17.4 Å². The highest BCUT2D eigenvalue weighted by Crippen LogP contribution is 2.37. The molecule has 0 aliphatic heterocycles. The zero-order chi connectivity index (χ0) is 19.1. The van der Waals surface area contributed by atoms with E-state index in [0.29, 0.717) is 6.41 Å². The van der Waals surface area contributed by atoms with E-state index in [1.54, 1.807) is 13.0 Å². The van der Waals surface area contributed by atoms with Crippen molar-refractivity contribution in [2.24, 2.45) is 0 Å². The Labute approximate surface area is 154 Å². The molecular weight excluding hydrogens is 367 g/mol. The number of aromatic nitrogens is 1. The molecule has 1 heterocycles. The fraction of sp³-hybridized carbons (Fsp3) is 0.235. The van der Waals surface area contributed by atoms with Crippen molar-refractivity contribution in [2.45, 2.75) is 6.92 Å². The van der Waals surface area contributed by atoms with Crippen LogP contribution in [0.4, 0.5) is 10.1 Å². The molecule has 7 nitrogen and oxygen atoms in total. The third kappa shape index (κ3) is 4.82. The van der Waals surface area contributed by atoms with Crippen LogP contribution in [0.3, 0.4) is 0 Å². The molecule has 0 radical (unpaired) electrons. The van der Waals surface area contributed by atoms with Gasteiger partial charge in [0.2, 0.25) is 6.41 Å². The van der Waals surface area contributed by atoms with Gasteiger partial charge in [0.05, 0.1) is 17.3 Å². The smallest absolute Gasteiger partial charge is 0.344 e. The van der Waals surface area contributed by atoms with Crippen molar-refractivity contribution in [3.63, 3.8) is 0 Å². The van der Waals surface area contributed by atoms with Crippen LogP contribution in [0.5, 0.6) is 17.4 Å². The van der Waals surface area contributed by atoms with Gasteiger partial charge in [-0.05, 0) is 25.1 Å². The molecule has 0 aliphatic rings. The monoisotopic (exact) mass is 382 g/mol. The molecule has 0 aliphatic carbocycles. The van der Waals surface area contributed by atoms with E-state index in [0.717, 1.165) is 11.0 Å². The minimum absolute atomic E-state index is 0.00857. The lowest BCUT2D eigenvalue weighted by atomic mass is 10.2. The second-order valence-corrected chi connectivity index (χ2v) is 5.36. The summed E-state index contributed by atoms with van der Waals surface area (Å²) < 4.78 is 29.6. The van der Waals surface area contributed by atoms with E-state index < -0.39 is 11.8 Å². The molecule has 0 unspecified atom stereocenters. The number of anilines is 1. The van der Waals surface area contributed by atoms with Crippen LogP contribution >= 0.6 is 11.6 Å². The molecule has 1 aromatic heterocycles. The minimum Gasteiger partial charge on any atom is -0.463 e. The maximum absolute atomic E-state index is 13.9. The number of nitrogens with zero attached hydrogens (tertiary/aromatic N) is 2. The maximum atomic E-state index is 13.9. The molecule has 26 heavy (non-hydrogen) atoms. The first-order valence-corrected chi connectivity index (χ1v) is 7.92. The van der Waals surface area contributed by atoms with E-state index >= 15 is 0 Å². The zero-order valence-corrected chi connectivity index (χ0v) is 14.8. The third-order valence-electron chi connectivity index (χ3n) is 3.13. The van der Waals surface area contributed by atoms with Gasteiger partial charge in [0, 0.05) is 19.3 Å². The Bertz CT molecular complexity index is 803. The number of rotatable bonds is 8. The number of esters is 1. The van der Waals surface area contributed by atoms with Crippen LogP contribution < -0.4 is 14.4 Å². The van der Waals surface area contributed by atoms with Gasteiger partial charge >= 0.3 is 5.97 Å². The number of amides is 1. The summed E-state index contributed by atoms with van der Waals surface area (Å²) in [5.41, 5.74) is -0.0164. The van der Waals surface area contributed by atoms with Crippen LogP contribution in [0.15, 0.2) is 30.5 Å². The molecule has 0 fully saturated rings. The number of ether oxygens (including phenoxy) is 3. The average Bonchev–Trinajstić information content (AvgIpc) is 2.62. The number of carbonyl (C=O) groups is 2. The summed E-state index contributed by atoms with van der Waals surface area (Å²) in [5.74, 6) is -0.956. The Kier molecular flexibility index (Phi) is 6.74. The van der Waals surface area contributed by atoms with Gasteiger partial charge in [0.1, 0.15) is 11.6 Å². The first-order valence-electron chi connectivity index (χ1n) is 7.54. The van der Waals surface area contributed by atoms with Crippen LogP contribution in [0.25, 0.3) is 0 Å². The molecular formula is C17H16ClFN2O5. The van der Waals surface area contributed by atoms with Gasteiger partial charge in [-0.15, -0.1) is 0 Å². The fourth-order valence-electron chi connectivity index (χ4n) is 1.93. The first kappa shape index (κ1) is 19.5. The molecule has 0 atom stereocenters. The van der Waals surface area contributed by atoms with Crippen LogP contribution in [-0.2, 0) is 14.3 Å². The Morgan fingerprint density at radius 3 is 2.85 bits per heavy atom. The second kappa shape index (κ2) is 9.00. The number of hydrogen-bond donors (Lipinski definition) is 0. The molecule has 2 rings (SSSR count). The summed E-state index contributed by atoms with van der Waals surface area (Å²) in [7, 11) is 1.39. The lowest BCUT2D eigenvalue weighted by Crippen LogP contribution is -2.16. The Morgan fingerprint density at radius 2 is 2.15 bits per heavy atom. The van der Waals surface area contributed by atoms with Crippen molar-refractivity contribution in [1.29, 1.82) is 0 Å². The molecule has 0 saturated heterocycles. The molecule has 1 amide bonds. The summed E-state index contributed by atoms with van der Waals surface area (Å²) in [4.78, 5) is 27.3. The van der Waals surface area contributed by atoms with Crippen molar-refractivity contribution >= 4 is 29.7 Å². The fourth-order valence-corrected chi connectivity index (χ4v) is 2.12. The molecule has 0 saturated carbocycles. The first-order chi connectivity index (χ1) is 12.5. The molecule has 0 N–H and O–H groups in total. The number of carbonyl (C=O) groups excluding carboxylic acids is 2. The highest BCUT2D eigenvalue weighted by molar-refractivity contribution is 6.32. The normalized spacial score (nSPS) is 10.2.